The van der Waals surface area contributed by atoms with E-state index in [1.807, 2.05) is 13.8 Å². The van der Waals surface area contributed by atoms with Crippen LogP contribution in [0.3, 0.4) is 0 Å². The summed E-state index contributed by atoms with van der Waals surface area (Å²) < 4.78 is 13.6. The van der Waals surface area contributed by atoms with Crippen molar-refractivity contribution in [3.63, 3.8) is 0 Å². The molecule has 5 heteroatoms. The Bertz CT molecular complexity index is 263. The van der Waals surface area contributed by atoms with E-state index in [1.165, 1.54) is 6.20 Å². The molecular formula is C8H13ClN2OS. The van der Waals surface area contributed by atoms with Gasteiger partial charge in [-0.2, -0.15) is 0 Å². The number of halogens is 1. The van der Waals surface area contributed by atoms with Gasteiger partial charge in [0.2, 0.25) is 0 Å². The molecule has 3 nitrogen and oxygen atoms in total. The summed E-state index contributed by atoms with van der Waals surface area (Å²) in [5.41, 5.74) is 0. The summed E-state index contributed by atoms with van der Waals surface area (Å²) in [5.74, 6) is 0. The Balaban J connectivity index is 0.000000671. The average molecular weight is 221 g/mol. The highest BCUT2D eigenvalue weighted by Crippen LogP contribution is 2.07. The molecule has 74 valence electrons. The van der Waals surface area contributed by atoms with Crippen LogP contribution >= 0.6 is 11.6 Å². The van der Waals surface area contributed by atoms with E-state index in [1.54, 1.807) is 19.2 Å². The van der Waals surface area contributed by atoms with Crippen molar-refractivity contribution < 1.29 is 4.21 Å². The second kappa shape index (κ2) is 7.00. The maximum Gasteiger partial charge on any atom is 0.129 e. The molecule has 0 aliphatic heterocycles. The molecule has 0 saturated carbocycles. The van der Waals surface area contributed by atoms with Crippen LogP contribution in [0.15, 0.2) is 23.2 Å². The van der Waals surface area contributed by atoms with Gasteiger partial charge < -0.3 is 0 Å². The minimum absolute atomic E-state index is 0.404. The number of hydrogen-bond donors (Lipinski definition) is 1. The van der Waals surface area contributed by atoms with Crippen LogP contribution in [0.25, 0.3) is 0 Å². The molecule has 1 aromatic rings. The lowest BCUT2D eigenvalue weighted by molar-refractivity contribution is 0.677. The van der Waals surface area contributed by atoms with Crippen molar-refractivity contribution in [2.24, 2.45) is 0 Å². The zero-order valence-electron chi connectivity index (χ0n) is 7.87. The van der Waals surface area contributed by atoms with Crippen molar-refractivity contribution >= 4 is 22.6 Å². The lowest BCUT2D eigenvalue weighted by Crippen LogP contribution is -2.10. The molecule has 0 aliphatic rings. The number of hydrogen-bond acceptors (Lipinski definition) is 2. The SMILES string of the molecule is CC.CNS(=O)c1ccc(Cl)nc1. The van der Waals surface area contributed by atoms with Crippen molar-refractivity contribution in [2.75, 3.05) is 7.05 Å². The predicted octanol–water partition coefficient (Wildman–Crippen LogP) is 2.00. The summed E-state index contributed by atoms with van der Waals surface area (Å²) >= 11 is 5.53. The number of rotatable bonds is 2. The van der Waals surface area contributed by atoms with Gasteiger partial charge in [0.25, 0.3) is 0 Å². The number of aromatic nitrogens is 1. The Morgan fingerprint density at radius 3 is 2.46 bits per heavy atom. The summed E-state index contributed by atoms with van der Waals surface area (Å²) in [7, 11) is 0.446. The normalized spacial score (nSPS) is 11.4. The van der Waals surface area contributed by atoms with Gasteiger partial charge in [0.15, 0.2) is 0 Å². The highest BCUT2D eigenvalue weighted by atomic mass is 35.5. The Morgan fingerprint density at radius 2 is 2.08 bits per heavy atom. The fourth-order valence-electron chi connectivity index (χ4n) is 0.590. The molecule has 1 N–H and O–H groups in total. The van der Waals surface area contributed by atoms with E-state index in [4.69, 9.17) is 11.6 Å². The molecule has 0 saturated heterocycles. The standard InChI is InChI=1S/C6H7ClN2OS.C2H6/c1-8-11(10)5-2-3-6(7)9-4-5;1-2/h2-4,8H,1H3;1-2H3. The van der Waals surface area contributed by atoms with Crippen LogP contribution in [0.4, 0.5) is 0 Å². The molecule has 13 heavy (non-hydrogen) atoms. The first-order valence-electron chi connectivity index (χ1n) is 3.95. The smallest absolute Gasteiger partial charge is 0.129 e. The maximum atomic E-state index is 11.0. The molecule has 0 aromatic carbocycles. The van der Waals surface area contributed by atoms with Gasteiger partial charge in [0.1, 0.15) is 16.1 Å². The monoisotopic (exact) mass is 220 g/mol. The summed E-state index contributed by atoms with van der Waals surface area (Å²) in [5, 5.41) is 0.404. The second-order valence-corrected chi connectivity index (χ2v) is 3.59. The van der Waals surface area contributed by atoms with E-state index in [9.17, 15) is 4.21 Å². The average Bonchev–Trinajstić information content (AvgIpc) is 2.21. The summed E-state index contributed by atoms with van der Waals surface area (Å²) in [4.78, 5) is 4.40. The first-order chi connectivity index (χ1) is 6.24. The molecule has 1 aromatic heterocycles. The number of nitrogens with one attached hydrogen (secondary N) is 1. The molecule has 0 amide bonds. The van der Waals surface area contributed by atoms with E-state index in [0.717, 1.165) is 0 Å². The second-order valence-electron chi connectivity index (χ2n) is 1.79. The zero-order valence-corrected chi connectivity index (χ0v) is 9.45. The van der Waals surface area contributed by atoms with Crippen LogP contribution in [-0.2, 0) is 11.0 Å². The first kappa shape index (κ1) is 12.6. The molecule has 1 heterocycles. The van der Waals surface area contributed by atoms with Crippen LogP contribution in [0.2, 0.25) is 5.15 Å². The molecular weight excluding hydrogens is 208 g/mol. The fourth-order valence-corrected chi connectivity index (χ4v) is 1.28. The van der Waals surface area contributed by atoms with Gasteiger partial charge in [-0.05, 0) is 19.2 Å². The van der Waals surface area contributed by atoms with Gasteiger partial charge >= 0.3 is 0 Å². The third-order valence-corrected chi connectivity index (χ3v) is 2.36. The first-order valence-corrected chi connectivity index (χ1v) is 5.47. The molecule has 1 rings (SSSR count). The number of nitrogens with zero attached hydrogens (tertiary/aromatic N) is 1. The van der Waals surface area contributed by atoms with Gasteiger partial charge in [-0.1, -0.05) is 25.4 Å². The van der Waals surface area contributed by atoms with Crippen molar-refractivity contribution in [1.29, 1.82) is 0 Å². The molecule has 0 radical (unpaired) electrons. The largest absolute Gasteiger partial charge is 0.243 e. The van der Waals surface area contributed by atoms with Gasteiger partial charge in [-0.15, -0.1) is 0 Å². The Labute approximate surface area is 86.1 Å². The van der Waals surface area contributed by atoms with E-state index in [2.05, 4.69) is 9.71 Å². The third kappa shape index (κ3) is 4.36. The Hall–Kier alpha value is -0.450. The zero-order chi connectivity index (χ0) is 10.3. The molecule has 1 atom stereocenters. The van der Waals surface area contributed by atoms with Gasteiger partial charge in [0, 0.05) is 6.20 Å². The topological polar surface area (TPSA) is 42.0 Å². The third-order valence-electron chi connectivity index (χ3n) is 1.10. The van der Waals surface area contributed by atoms with E-state index >= 15 is 0 Å². The summed E-state index contributed by atoms with van der Waals surface area (Å²) in [6, 6.07) is 3.27. The van der Waals surface area contributed by atoms with Crippen LogP contribution in [0.5, 0.6) is 0 Å². The highest BCUT2D eigenvalue weighted by molar-refractivity contribution is 7.83. The lowest BCUT2D eigenvalue weighted by atomic mass is 10.5. The highest BCUT2D eigenvalue weighted by Gasteiger charge is 1.99. The van der Waals surface area contributed by atoms with Crippen LogP contribution in [0.1, 0.15) is 13.8 Å². The fraction of sp³-hybridized carbons (Fsp3) is 0.375. The minimum Gasteiger partial charge on any atom is -0.243 e. The van der Waals surface area contributed by atoms with E-state index in [-0.39, 0.29) is 0 Å². The van der Waals surface area contributed by atoms with Crippen molar-refractivity contribution in [3.05, 3.63) is 23.5 Å². The molecule has 0 spiro atoms. The van der Waals surface area contributed by atoms with Gasteiger partial charge in [-0.25, -0.2) is 13.9 Å². The molecule has 0 bridgehead atoms. The van der Waals surface area contributed by atoms with Crippen molar-refractivity contribution in [1.82, 2.24) is 9.71 Å². The van der Waals surface area contributed by atoms with E-state index < -0.39 is 11.0 Å². The summed E-state index contributed by atoms with van der Waals surface area (Å²) in [6.07, 6.45) is 1.48. The summed E-state index contributed by atoms with van der Waals surface area (Å²) in [6.45, 7) is 4.00. The minimum atomic E-state index is -1.17. The van der Waals surface area contributed by atoms with Crippen LogP contribution < -0.4 is 4.72 Å². The molecule has 1 unspecified atom stereocenters. The van der Waals surface area contributed by atoms with Crippen LogP contribution in [0, 0.1) is 0 Å². The molecule has 0 aliphatic carbocycles. The lowest BCUT2D eigenvalue weighted by Gasteiger charge is -1.97. The van der Waals surface area contributed by atoms with Crippen molar-refractivity contribution in [3.8, 4) is 0 Å². The van der Waals surface area contributed by atoms with Gasteiger partial charge in [0.05, 0.1) is 4.90 Å². The maximum absolute atomic E-state index is 11.0. The van der Waals surface area contributed by atoms with Gasteiger partial charge in [-0.3, -0.25) is 0 Å². The Morgan fingerprint density at radius 1 is 1.46 bits per heavy atom. The molecule has 0 fully saturated rings. The number of pyridine rings is 1. The van der Waals surface area contributed by atoms with Crippen molar-refractivity contribution in [2.45, 2.75) is 18.7 Å². The van der Waals surface area contributed by atoms with E-state index in [0.29, 0.717) is 10.0 Å². The van der Waals surface area contributed by atoms with Crippen LogP contribution in [-0.4, -0.2) is 16.2 Å². The Kier molecular flexibility index (Phi) is 6.76. The quantitative estimate of drug-likeness (QED) is 0.775. The predicted molar refractivity (Wildman–Crippen MR) is 56.1 cm³/mol.